The minimum absolute atomic E-state index is 0.651. The lowest BCUT2D eigenvalue weighted by Gasteiger charge is -2.33. The molecule has 1 N–H and O–H groups in total. The highest BCUT2D eigenvalue weighted by atomic mass is 32.1. The van der Waals surface area contributed by atoms with E-state index in [1.165, 1.54) is 42.4 Å². The monoisotopic (exact) mass is 360 g/mol. The van der Waals surface area contributed by atoms with Crippen molar-refractivity contribution in [3.63, 3.8) is 0 Å². The van der Waals surface area contributed by atoms with Crippen LogP contribution in [0.3, 0.4) is 0 Å². The van der Waals surface area contributed by atoms with Crippen molar-refractivity contribution >= 4 is 27.4 Å². The third kappa shape index (κ3) is 3.96. The van der Waals surface area contributed by atoms with Gasteiger partial charge in [-0.2, -0.15) is 0 Å². The summed E-state index contributed by atoms with van der Waals surface area (Å²) < 4.78 is 6.70. The zero-order chi connectivity index (χ0) is 17.1. The molecule has 136 valence electrons. The van der Waals surface area contributed by atoms with Gasteiger partial charge in [-0.3, -0.25) is 0 Å². The Balaban J connectivity index is 1.25. The summed E-state index contributed by atoms with van der Waals surface area (Å²) in [7, 11) is 0. The maximum Gasteiger partial charge on any atom is 0.150 e. The molecule has 0 aromatic carbocycles. The number of thiophene rings is 1. The summed E-state index contributed by atoms with van der Waals surface area (Å²) in [5.74, 6) is 1.93. The molecule has 4 heterocycles. The summed E-state index contributed by atoms with van der Waals surface area (Å²) in [5, 5.41) is 5.95. The van der Waals surface area contributed by atoms with Gasteiger partial charge in [-0.15, -0.1) is 11.3 Å². The SMILES string of the molecule is Cc1csc2c(N3CCC(NCCC[C@@H]4CCOC4)CC3)ncnc12. The molecule has 2 saturated heterocycles. The van der Waals surface area contributed by atoms with Crippen LogP contribution < -0.4 is 10.2 Å². The maximum absolute atomic E-state index is 5.45. The lowest BCUT2D eigenvalue weighted by atomic mass is 10.0. The summed E-state index contributed by atoms with van der Waals surface area (Å²) in [5.41, 5.74) is 2.37. The Bertz CT molecular complexity index is 690. The fraction of sp³-hybridized carbons (Fsp3) is 0.684. The van der Waals surface area contributed by atoms with Crippen LogP contribution in [0.2, 0.25) is 0 Å². The van der Waals surface area contributed by atoms with Gasteiger partial charge in [0, 0.05) is 32.3 Å². The lowest BCUT2D eigenvalue weighted by Crippen LogP contribution is -2.43. The van der Waals surface area contributed by atoms with Crippen molar-refractivity contribution in [3.05, 3.63) is 17.3 Å². The summed E-state index contributed by atoms with van der Waals surface area (Å²) in [4.78, 5) is 11.5. The Kier molecular flexibility index (Phi) is 5.48. The van der Waals surface area contributed by atoms with E-state index in [9.17, 15) is 0 Å². The Labute approximate surface area is 153 Å². The fourth-order valence-electron chi connectivity index (χ4n) is 3.99. The number of nitrogens with zero attached hydrogens (tertiary/aromatic N) is 3. The zero-order valence-corrected chi connectivity index (χ0v) is 15.9. The first-order valence-electron chi connectivity index (χ1n) is 9.56. The van der Waals surface area contributed by atoms with Crippen LogP contribution in [-0.2, 0) is 4.74 Å². The van der Waals surface area contributed by atoms with Crippen molar-refractivity contribution < 1.29 is 4.74 Å². The van der Waals surface area contributed by atoms with E-state index < -0.39 is 0 Å². The minimum Gasteiger partial charge on any atom is -0.381 e. The summed E-state index contributed by atoms with van der Waals surface area (Å²) in [6, 6.07) is 0.651. The molecule has 0 unspecified atom stereocenters. The van der Waals surface area contributed by atoms with Crippen LogP contribution in [0, 0.1) is 12.8 Å². The average Bonchev–Trinajstić information content (AvgIpc) is 3.29. The Morgan fingerprint density at radius 3 is 2.96 bits per heavy atom. The number of aryl methyl sites for hydroxylation is 1. The van der Waals surface area contributed by atoms with Gasteiger partial charge in [-0.25, -0.2) is 9.97 Å². The molecule has 6 heteroatoms. The minimum atomic E-state index is 0.651. The van der Waals surface area contributed by atoms with Crippen LogP contribution >= 0.6 is 11.3 Å². The number of anilines is 1. The highest BCUT2D eigenvalue weighted by Gasteiger charge is 2.22. The van der Waals surface area contributed by atoms with Crippen LogP contribution in [0.25, 0.3) is 10.2 Å². The fourth-order valence-corrected chi connectivity index (χ4v) is 5.00. The summed E-state index contributed by atoms with van der Waals surface area (Å²) in [6.45, 7) is 7.38. The number of nitrogens with one attached hydrogen (secondary N) is 1. The zero-order valence-electron chi connectivity index (χ0n) is 15.0. The van der Waals surface area contributed by atoms with Crippen LogP contribution in [0.5, 0.6) is 0 Å². The number of hydrogen-bond acceptors (Lipinski definition) is 6. The molecule has 2 aromatic rings. The van der Waals surface area contributed by atoms with E-state index in [1.54, 1.807) is 17.7 Å². The van der Waals surface area contributed by atoms with Gasteiger partial charge >= 0.3 is 0 Å². The number of rotatable bonds is 6. The molecule has 2 aliphatic rings. The van der Waals surface area contributed by atoms with E-state index in [4.69, 9.17) is 4.74 Å². The number of fused-ring (bicyclic) bond motifs is 1. The molecular weight excluding hydrogens is 332 g/mol. The maximum atomic E-state index is 5.45. The number of aromatic nitrogens is 2. The average molecular weight is 361 g/mol. The highest BCUT2D eigenvalue weighted by Crippen LogP contribution is 2.32. The molecule has 0 radical (unpaired) electrons. The molecule has 1 atom stereocenters. The van der Waals surface area contributed by atoms with Crippen LogP contribution in [-0.4, -0.2) is 48.9 Å². The van der Waals surface area contributed by atoms with Crippen molar-refractivity contribution in [2.45, 2.75) is 45.1 Å². The molecule has 0 aliphatic carbocycles. The van der Waals surface area contributed by atoms with Crippen molar-refractivity contribution in [2.75, 3.05) is 37.7 Å². The van der Waals surface area contributed by atoms with Gasteiger partial charge in [0.2, 0.25) is 0 Å². The number of hydrogen-bond donors (Lipinski definition) is 1. The van der Waals surface area contributed by atoms with E-state index in [1.807, 2.05) is 0 Å². The predicted molar refractivity (Wildman–Crippen MR) is 104 cm³/mol. The normalized spacial score (nSPS) is 22.1. The molecule has 5 nitrogen and oxygen atoms in total. The number of piperidine rings is 1. The molecule has 0 bridgehead atoms. The van der Waals surface area contributed by atoms with Crippen molar-refractivity contribution in [2.24, 2.45) is 5.92 Å². The first-order valence-corrected chi connectivity index (χ1v) is 10.4. The topological polar surface area (TPSA) is 50.3 Å². The van der Waals surface area contributed by atoms with Crippen LogP contribution in [0.15, 0.2) is 11.7 Å². The van der Waals surface area contributed by atoms with E-state index in [0.717, 1.165) is 50.1 Å². The second kappa shape index (κ2) is 7.98. The Morgan fingerprint density at radius 2 is 2.16 bits per heavy atom. The Hall–Kier alpha value is -1.24. The van der Waals surface area contributed by atoms with Gasteiger partial charge < -0.3 is 15.0 Å². The van der Waals surface area contributed by atoms with Crippen LogP contribution in [0.1, 0.15) is 37.7 Å². The molecule has 2 aliphatic heterocycles. The summed E-state index contributed by atoms with van der Waals surface area (Å²) >= 11 is 1.77. The van der Waals surface area contributed by atoms with Gasteiger partial charge in [0.15, 0.2) is 0 Å². The molecule has 0 amide bonds. The van der Waals surface area contributed by atoms with E-state index in [2.05, 4.69) is 32.5 Å². The van der Waals surface area contributed by atoms with Crippen molar-refractivity contribution in [3.8, 4) is 0 Å². The van der Waals surface area contributed by atoms with Crippen molar-refractivity contribution in [1.82, 2.24) is 15.3 Å². The molecular formula is C19H28N4OS. The van der Waals surface area contributed by atoms with Gasteiger partial charge in [0.1, 0.15) is 12.1 Å². The lowest BCUT2D eigenvalue weighted by molar-refractivity contribution is 0.183. The van der Waals surface area contributed by atoms with Gasteiger partial charge in [0.05, 0.1) is 10.2 Å². The Morgan fingerprint density at radius 1 is 1.28 bits per heavy atom. The quantitative estimate of drug-likeness (QED) is 0.801. The summed E-state index contributed by atoms with van der Waals surface area (Å²) in [6.07, 6.45) is 7.95. The molecule has 0 saturated carbocycles. The predicted octanol–water partition coefficient (Wildman–Crippen LogP) is 3.37. The van der Waals surface area contributed by atoms with Gasteiger partial charge in [-0.05, 0) is 62.4 Å². The standard InChI is InChI=1S/C19H28N4OS/c1-14-12-25-18-17(14)21-13-22-19(18)23-8-4-16(5-9-23)20-7-2-3-15-6-10-24-11-15/h12-13,15-16,20H,2-11H2,1H3/t15-/m1/s1. The number of ether oxygens (including phenoxy) is 1. The first-order chi connectivity index (χ1) is 12.3. The third-order valence-corrected chi connectivity index (χ3v) is 6.64. The molecule has 4 rings (SSSR count). The molecule has 25 heavy (non-hydrogen) atoms. The molecule has 2 fully saturated rings. The second-order valence-electron chi connectivity index (χ2n) is 7.38. The molecule has 0 spiro atoms. The van der Waals surface area contributed by atoms with E-state index >= 15 is 0 Å². The van der Waals surface area contributed by atoms with E-state index in [-0.39, 0.29) is 0 Å². The smallest absolute Gasteiger partial charge is 0.150 e. The van der Waals surface area contributed by atoms with Gasteiger partial charge in [0.25, 0.3) is 0 Å². The van der Waals surface area contributed by atoms with E-state index in [0.29, 0.717) is 6.04 Å². The highest BCUT2D eigenvalue weighted by molar-refractivity contribution is 7.18. The first kappa shape index (κ1) is 17.2. The third-order valence-electron chi connectivity index (χ3n) is 5.55. The van der Waals surface area contributed by atoms with Crippen LogP contribution in [0.4, 0.5) is 5.82 Å². The largest absolute Gasteiger partial charge is 0.381 e. The molecule has 2 aromatic heterocycles. The second-order valence-corrected chi connectivity index (χ2v) is 8.26. The van der Waals surface area contributed by atoms with Gasteiger partial charge in [-0.1, -0.05) is 0 Å². The van der Waals surface area contributed by atoms with Crippen molar-refractivity contribution in [1.29, 1.82) is 0 Å².